The molecule has 27 heavy (non-hydrogen) atoms. The lowest BCUT2D eigenvalue weighted by Gasteiger charge is -2.18. The highest BCUT2D eigenvalue weighted by Gasteiger charge is 2.14. The van der Waals surface area contributed by atoms with Crippen LogP contribution in [0.2, 0.25) is 0 Å². The Morgan fingerprint density at radius 1 is 1.00 bits per heavy atom. The standard InChI is InChI=1S/C22H21FN2O2/c1-22(2,3)17-8-4-16(5-9-17)21(26)25-24-14-19-12-13-20(27-19)15-6-10-18(23)11-7-15/h4-14H,1-3H3,(H,25,26)/b24-14-. The molecule has 138 valence electrons. The maximum absolute atomic E-state index is 13.0. The molecule has 0 bridgehead atoms. The number of rotatable bonds is 4. The topological polar surface area (TPSA) is 54.6 Å². The number of hydrazone groups is 1. The largest absolute Gasteiger partial charge is 0.455 e. The fourth-order valence-corrected chi connectivity index (χ4v) is 2.53. The molecule has 0 aliphatic rings. The molecule has 0 unspecified atom stereocenters. The molecule has 1 aromatic heterocycles. The van der Waals surface area contributed by atoms with Gasteiger partial charge in [-0.15, -0.1) is 0 Å². The minimum atomic E-state index is -0.301. The van der Waals surface area contributed by atoms with Gasteiger partial charge in [-0.2, -0.15) is 5.10 Å². The zero-order valence-corrected chi connectivity index (χ0v) is 15.5. The summed E-state index contributed by atoms with van der Waals surface area (Å²) in [6.45, 7) is 6.36. The normalized spacial score (nSPS) is 11.7. The number of benzene rings is 2. The van der Waals surface area contributed by atoms with E-state index in [4.69, 9.17) is 4.42 Å². The molecular weight excluding hydrogens is 343 g/mol. The first kappa shape index (κ1) is 18.6. The van der Waals surface area contributed by atoms with E-state index in [0.717, 1.165) is 11.1 Å². The lowest BCUT2D eigenvalue weighted by molar-refractivity contribution is 0.0955. The highest BCUT2D eigenvalue weighted by atomic mass is 19.1. The van der Waals surface area contributed by atoms with Crippen LogP contribution in [-0.4, -0.2) is 12.1 Å². The first-order valence-electron chi connectivity index (χ1n) is 8.63. The van der Waals surface area contributed by atoms with Gasteiger partial charge < -0.3 is 4.42 Å². The van der Waals surface area contributed by atoms with Gasteiger partial charge in [0.1, 0.15) is 17.3 Å². The van der Waals surface area contributed by atoms with Crippen molar-refractivity contribution in [2.75, 3.05) is 0 Å². The molecule has 0 atom stereocenters. The quantitative estimate of drug-likeness (QED) is 0.514. The van der Waals surface area contributed by atoms with Crippen molar-refractivity contribution in [2.45, 2.75) is 26.2 Å². The van der Waals surface area contributed by atoms with Gasteiger partial charge in [0, 0.05) is 11.1 Å². The van der Waals surface area contributed by atoms with Crippen molar-refractivity contribution in [2.24, 2.45) is 5.10 Å². The van der Waals surface area contributed by atoms with E-state index in [2.05, 4.69) is 31.3 Å². The highest BCUT2D eigenvalue weighted by molar-refractivity contribution is 5.94. The number of amides is 1. The zero-order valence-electron chi connectivity index (χ0n) is 15.5. The highest BCUT2D eigenvalue weighted by Crippen LogP contribution is 2.23. The van der Waals surface area contributed by atoms with E-state index >= 15 is 0 Å². The van der Waals surface area contributed by atoms with Gasteiger partial charge in [-0.3, -0.25) is 4.79 Å². The predicted octanol–water partition coefficient (Wildman–Crippen LogP) is 5.15. The van der Waals surface area contributed by atoms with E-state index in [1.54, 1.807) is 36.4 Å². The van der Waals surface area contributed by atoms with Gasteiger partial charge >= 0.3 is 0 Å². The molecule has 3 aromatic rings. The van der Waals surface area contributed by atoms with Crippen LogP contribution in [0, 0.1) is 5.82 Å². The second kappa shape index (κ2) is 7.58. The molecule has 0 aliphatic heterocycles. The molecule has 2 aromatic carbocycles. The number of hydrogen-bond acceptors (Lipinski definition) is 3. The minimum Gasteiger partial charge on any atom is -0.455 e. The minimum absolute atomic E-state index is 0.0364. The van der Waals surface area contributed by atoms with E-state index in [-0.39, 0.29) is 17.1 Å². The summed E-state index contributed by atoms with van der Waals surface area (Å²) in [5.41, 5.74) is 4.98. The Balaban J connectivity index is 1.62. The number of furan rings is 1. The summed E-state index contributed by atoms with van der Waals surface area (Å²) >= 11 is 0. The summed E-state index contributed by atoms with van der Waals surface area (Å²) in [5.74, 6) is 0.487. The van der Waals surface area contributed by atoms with Gasteiger partial charge in [-0.05, 0) is 59.5 Å². The average molecular weight is 364 g/mol. The van der Waals surface area contributed by atoms with Gasteiger partial charge in [0.15, 0.2) is 0 Å². The van der Waals surface area contributed by atoms with Crippen LogP contribution in [0.25, 0.3) is 11.3 Å². The van der Waals surface area contributed by atoms with Crippen LogP contribution in [0.4, 0.5) is 4.39 Å². The fourth-order valence-electron chi connectivity index (χ4n) is 2.53. The number of nitrogens with zero attached hydrogens (tertiary/aromatic N) is 1. The molecule has 1 heterocycles. The smallest absolute Gasteiger partial charge is 0.271 e. The Morgan fingerprint density at radius 3 is 2.30 bits per heavy atom. The van der Waals surface area contributed by atoms with Crippen molar-refractivity contribution < 1.29 is 13.6 Å². The van der Waals surface area contributed by atoms with Crippen LogP contribution >= 0.6 is 0 Å². The second-order valence-electron chi connectivity index (χ2n) is 7.24. The third kappa shape index (κ3) is 4.70. The molecule has 0 fully saturated rings. The summed E-state index contributed by atoms with van der Waals surface area (Å²) in [5, 5.41) is 3.93. The van der Waals surface area contributed by atoms with Gasteiger partial charge in [0.25, 0.3) is 5.91 Å². The van der Waals surface area contributed by atoms with Crippen LogP contribution in [0.3, 0.4) is 0 Å². The van der Waals surface area contributed by atoms with E-state index < -0.39 is 0 Å². The SMILES string of the molecule is CC(C)(C)c1ccc(C(=O)N/N=C\c2ccc(-c3ccc(F)cc3)o2)cc1. The van der Waals surface area contributed by atoms with Crippen molar-refractivity contribution in [3.8, 4) is 11.3 Å². The summed E-state index contributed by atoms with van der Waals surface area (Å²) in [6.07, 6.45) is 1.43. The third-order valence-corrected chi connectivity index (χ3v) is 4.13. The fraction of sp³-hybridized carbons (Fsp3) is 0.182. The van der Waals surface area contributed by atoms with E-state index in [9.17, 15) is 9.18 Å². The summed E-state index contributed by atoms with van der Waals surface area (Å²) < 4.78 is 18.6. The van der Waals surface area contributed by atoms with Crippen LogP contribution in [-0.2, 0) is 5.41 Å². The summed E-state index contributed by atoms with van der Waals surface area (Å²) in [7, 11) is 0. The van der Waals surface area contributed by atoms with Crippen molar-refractivity contribution in [1.29, 1.82) is 0 Å². The molecule has 3 rings (SSSR count). The van der Waals surface area contributed by atoms with E-state index in [1.165, 1.54) is 18.3 Å². The zero-order chi connectivity index (χ0) is 19.4. The number of halogens is 1. The molecule has 1 N–H and O–H groups in total. The molecule has 0 aliphatic carbocycles. The Bertz CT molecular complexity index is 949. The lowest BCUT2D eigenvalue weighted by atomic mass is 9.87. The molecular formula is C22H21FN2O2. The van der Waals surface area contributed by atoms with Crippen molar-refractivity contribution in [1.82, 2.24) is 5.43 Å². The van der Waals surface area contributed by atoms with Crippen LogP contribution < -0.4 is 5.43 Å². The van der Waals surface area contributed by atoms with Gasteiger partial charge in [-0.1, -0.05) is 32.9 Å². The van der Waals surface area contributed by atoms with Crippen LogP contribution in [0.15, 0.2) is 70.2 Å². The van der Waals surface area contributed by atoms with Crippen LogP contribution in [0.5, 0.6) is 0 Å². The van der Waals surface area contributed by atoms with Gasteiger partial charge in [-0.25, -0.2) is 9.82 Å². The second-order valence-corrected chi connectivity index (χ2v) is 7.24. The molecule has 5 heteroatoms. The van der Waals surface area contributed by atoms with Crippen molar-refractivity contribution >= 4 is 12.1 Å². The van der Waals surface area contributed by atoms with Crippen LogP contribution in [0.1, 0.15) is 42.5 Å². The molecule has 0 spiro atoms. The molecule has 1 amide bonds. The maximum Gasteiger partial charge on any atom is 0.271 e. The lowest BCUT2D eigenvalue weighted by Crippen LogP contribution is -2.18. The Labute approximate surface area is 157 Å². The Hall–Kier alpha value is -3.21. The monoisotopic (exact) mass is 364 g/mol. The first-order chi connectivity index (χ1) is 12.8. The Kier molecular flexibility index (Phi) is 5.21. The van der Waals surface area contributed by atoms with Gasteiger partial charge in [0.05, 0.1) is 6.21 Å². The van der Waals surface area contributed by atoms with Gasteiger partial charge in [0.2, 0.25) is 0 Å². The number of nitrogens with one attached hydrogen (secondary N) is 1. The van der Waals surface area contributed by atoms with Crippen molar-refractivity contribution in [3.63, 3.8) is 0 Å². The molecule has 0 saturated carbocycles. The number of carbonyl (C=O) groups is 1. The Morgan fingerprint density at radius 2 is 1.67 bits per heavy atom. The summed E-state index contributed by atoms with van der Waals surface area (Å²) in [6, 6.07) is 17.0. The average Bonchev–Trinajstić information content (AvgIpc) is 3.10. The first-order valence-corrected chi connectivity index (χ1v) is 8.63. The summed E-state index contributed by atoms with van der Waals surface area (Å²) in [4.78, 5) is 12.2. The van der Waals surface area contributed by atoms with Crippen molar-refractivity contribution in [3.05, 3.63) is 83.4 Å². The number of hydrogen-bond donors (Lipinski definition) is 1. The number of carbonyl (C=O) groups excluding carboxylic acids is 1. The molecule has 4 nitrogen and oxygen atoms in total. The van der Waals surface area contributed by atoms with E-state index in [0.29, 0.717) is 17.1 Å². The molecule has 0 saturated heterocycles. The third-order valence-electron chi connectivity index (χ3n) is 4.13. The molecule has 0 radical (unpaired) electrons. The maximum atomic E-state index is 13.0. The van der Waals surface area contributed by atoms with E-state index in [1.807, 2.05) is 12.1 Å². The predicted molar refractivity (Wildman–Crippen MR) is 104 cm³/mol.